The number of hydrogen-bond acceptors (Lipinski definition) is 2. The zero-order chi connectivity index (χ0) is 13.7. The summed E-state index contributed by atoms with van der Waals surface area (Å²) >= 11 is 0. The maximum atomic E-state index is 10.9. The lowest BCUT2D eigenvalue weighted by Crippen LogP contribution is -2.40. The second kappa shape index (κ2) is 6.71. The summed E-state index contributed by atoms with van der Waals surface area (Å²) in [7, 11) is 0. The first-order valence-corrected chi connectivity index (χ1v) is 7.24. The second-order valence-corrected chi connectivity index (χ2v) is 5.70. The van der Waals surface area contributed by atoms with E-state index in [0.29, 0.717) is 18.4 Å². The summed E-state index contributed by atoms with van der Waals surface area (Å²) in [5.41, 5.74) is 6.68. The van der Waals surface area contributed by atoms with Gasteiger partial charge in [0.25, 0.3) is 0 Å². The smallest absolute Gasteiger partial charge is 0.218 e. The van der Waals surface area contributed by atoms with Gasteiger partial charge in [0.2, 0.25) is 5.91 Å². The average Bonchev–Trinajstić information content (AvgIpc) is 2.39. The molecule has 1 atom stereocenters. The molecule has 0 spiro atoms. The SMILES string of the molecule is CC(CC(N)=O)NC1CCC(c2ccccc2)CC1. The Bertz CT molecular complexity index is 396. The van der Waals surface area contributed by atoms with Crippen molar-refractivity contribution in [1.82, 2.24) is 5.32 Å². The van der Waals surface area contributed by atoms with Gasteiger partial charge in [-0.2, -0.15) is 0 Å². The molecule has 1 unspecified atom stereocenters. The van der Waals surface area contributed by atoms with Crippen molar-refractivity contribution >= 4 is 5.91 Å². The standard InChI is InChI=1S/C16H24N2O/c1-12(11-16(17)19)18-15-9-7-14(8-10-15)13-5-3-2-4-6-13/h2-6,12,14-15,18H,7-11H2,1H3,(H2,17,19). The maximum Gasteiger partial charge on any atom is 0.218 e. The molecule has 0 aromatic heterocycles. The predicted molar refractivity (Wildman–Crippen MR) is 77.8 cm³/mol. The van der Waals surface area contributed by atoms with E-state index in [1.54, 1.807) is 0 Å². The molecule has 3 N–H and O–H groups in total. The molecule has 2 rings (SSSR count). The van der Waals surface area contributed by atoms with Gasteiger partial charge in [0.15, 0.2) is 0 Å². The van der Waals surface area contributed by atoms with Gasteiger partial charge in [-0.1, -0.05) is 30.3 Å². The molecular weight excluding hydrogens is 236 g/mol. The third-order valence-corrected chi connectivity index (χ3v) is 4.03. The molecule has 1 aliphatic carbocycles. The Balaban J connectivity index is 1.78. The van der Waals surface area contributed by atoms with Crippen LogP contribution < -0.4 is 11.1 Å². The van der Waals surface area contributed by atoms with E-state index in [9.17, 15) is 4.79 Å². The molecule has 104 valence electrons. The molecule has 1 aromatic rings. The Morgan fingerprint density at radius 1 is 1.26 bits per heavy atom. The Hall–Kier alpha value is -1.35. The number of amides is 1. The number of hydrogen-bond donors (Lipinski definition) is 2. The van der Waals surface area contributed by atoms with Crippen molar-refractivity contribution in [2.45, 2.75) is 57.0 Å². The van der Waals surface area contributed by atoms with E-state index in [1.165, 1.54) is 31.2 Å². The van der Waals surface area contributed by atoms with Crippen LogP contribution in [0, 0.1) is 0 Å². The Morgan fingerprint density at radius 2 is 1.89 bits per heavy atom. The fourth-order valence-corrected chi connectivity index (χ4v) is 3.08. The first kappa shape index (κ1) is 14.1. The number of carbonyl (C=O) groups excluding carboxylic acids is 1. The van der Waals surface area contributed by atoms with Gasteiger partial charge in [-0.15, -0.1) is 0 Å². The zero-order valence-electron chi connectivity index (χ0n) is 11.6. The normalized spacial score (nSPS) is 24.9. The summed E-state index contributed by atoms with van der Waals surface area (Å²) in [6.45, 7) is 2.04. The minimum atomic E-state index is -0.224. The van der Waals surface area contributed by atoms with Crippen LogP contribution in [0.25, 0.3) is 0 Å². The number of benzene rings is 1. The highest BCUT2D eigenvalue weighted by molar-refractivity contribution is 5.74. The molecule has 0 bridgehead atoms. The second-order valence-electron chi connectivity index (χ2n) is 5.70. The van der Waals surface area contributed by atoms with Crippen molar-refractivity contribution in [2.24, 2.45) is 5.73 Å². The van der Waals surface area contributed by atoms with E-state index < -0.39 is 0 Å². The molecule has 0 radical (unpaired) electrons. The Morgan fingerprint density at radius 3 is 2.47 bits per heavy atom. The topological polar surface area (TPSA) is 55.1 Å². The van der Waals surface area contributed by atoms with Crippen LogP contribution >= 0.6 is 0 Å². The van der Waals surface area contributed by atoms with Crippen molar-refractivity contribution in [1.29, 1.82) is 0 Å². The minimum absolute atomic E-state index is 0.191. The van der Waals surface area contributed by atoms with Gasteiger partial charge in [0.05, 0.1) is 0 Å². The van der Waals surface area contributed by atoms with E-state index >= 15 is 0 Å². The molecular formula is C16H24N2O. The quantitative estimate of drug-likeness (QED) is 0.855. The molecule has 1 fully saturated rings. The van der Waals surface area contributed by atoms with Gasteiger partial charge >= 0.3 is 0 Å². The molecule has 0 heterocycles. The fourth-order valence-electron chi connectivity index (χ4n) is 3.08. The third kappa shape index (κ3) is 4.35. The lowest BCUT2D eigenvalue weighted by atomic mass is 9.81. The number of primary amides is 1. The van der Waals surface area contributed by atoms with Crippen LogP contribution in [0.3, 0.4) is 0 Å². The van der Waals surface area contributed by atoms with E-state index in [0.717, 1.165) is 0 Å². The largest absolute Gasteiger partial charge is 0.370 e. The van der Waals surface area contributed by atoms with Crippen LogP contribution in [0.1, 0.15) is 50.5 Å². The van der Waals surface area contributed by atoms with E-state index in [4.69, 9.17) is 5.73 Å². The van der Waals surface area contributed by atoms with Gasteiger partial charge in [0, 0.05) is 18.5 Å². The highest BCUT2D eigenvalue weighted by atomic mass is 16.1. The van der Waals surface area contributed by atoms with Crippen molar-refractivity contribution in [3.8, 4) is 0 Å². The van der Waals surface area contributed by atoms with Crippen LogP contribution in [-0.4, -0.2) is 18.0 Å². The predicted octanol–water partition coefficient (Wildman–Crippen LogP) is 2.57. The van der Waals surface area contributed by atoms with Crippen LogP contribution in [0.2, 0.25) is 0 Å². The summed E-state index contributed by atoms with van der Waals surface area (Å²) in [6, 6.07) is 11.5. The monoisotopic (exact) mass is 260 g/mol. The van der Waals surface area contributed by atoms with Crippen LogP contribution in [0.5, 0.6) is 0 Å². The van der Waals surface area contributed by atoms with Gasteiger partial charge in [0.1, 0.15) is 0 Å². The molecule has 3 heteroatoms. The van der Waals surface area contributed by atoms with Gasteiger partial charge in [-0.3, -0.25) is 4.79 Å². The Labute approximate surface area is 115 Å². The average molecular weight is 260 g/mol. The molecule has 1 aliphatic rings. The lowest BCUT2D eigenvalue weighted by molar-refractivity contribution is -0.118. The summed E-state index contributed by atoms with van der Waals surface area (Å²) in [4.78, 5) is 10.9. The van der Waals surface area contributed by atoms with Crippen LogP contribution in [0.4, 0.5) is 0 Å². The van der Waals surface area contributed by atoms with E-state index in [1.807, 2.05) is 6.92 Å². The van der Waals surface area contributed by atoms with Gasteiger partial charge < -0.3 is 11.1 Å². The van der Waals surface area contributed by atoms with Crippen molar-refractivity contribution in [3.05, 3.63) is 35.9 Å². The van der Waals surface area contributed by atoms with E-state index in [2.05, 4.69) is 35.6 Å². The number of rotatable bonds is 5. The van der Waals surface area contributed by atoms with E-state index in [-0.39, 0.29) is 11.9 Å². The molecule has 0 aliphatic heterocycles. The first-order chi connectivity index (χ1) is 9.15. The number of nitrogens with two attached hydrogens (primary N) is 1. The summed E-state index contributed by atoms with van der Waals surface area (Å²) in [5.74, 6) is 0.476. The maximum absolute atomic E-state index is 10.9. The summed E-state index contributed by atoms with van der Waals surface area (Å²) in [5, 5.41) is 3.52. The van der Waals surface area contributed by atoms with Crippen molar-refractivity contribution in [3.63, 3.8) is 0 Å². The number of nitrogens with one attached hydrogen (secondary N) is 1. The van der Waals surface area contributed by atoms with Gasteiger partial charge in [-0.25, -0.2) is 0 Å². The highest BCUT2D eigenvalue weighted by Crippen LogP contribution is 2.32. The van der Waals surface area contributed by atoms with Gasteiger partial charge in [-0.05, 0) is 44.1 Å². The lowest BCUT2D eigenvalue weighted by Gasteiger charge is -2.31. The van der Waals surface area contributed by atoms with Crippen molar-refractivity contribution in [2.75, 3.05) is 0 Å². The molecule has 1 aromatic carbocycles. The molecule has 3 nitrogen and oxygen atoms in total. The highest BCUT2D eigenvalue weighted by Gasteiger charge is 2.23. The third-order valence-electron chi connectivity index (χ3n) is 4.03. The summed E-state index contributed by atoms with van der Waals surface area (Å²) < 4.78 is 0. The molecule has 1 amide bonds. The molecule has 1 saturated carbocycles. The molecule has 0 saturated heterocycles. The minimum Gasteiger partial charge on any atom is -0.370 e. The zero-order valence-corrected chi connectivity index (χ0v) is 11.6. The fraction of sp³-hybridized carbons (Fsp3) is 0.562. The molecule has 19 heavy (non-hydrogen) atoms. The first-order valence-electron chi connectivity index (χ1n) is 7.24. The summed E-state index contributed by atoms with van der Waals surface area (Å²) in [6.07, 6.45) is 5.25. The van der Waals surface area contributed by atoms with Crippen molar-refractivity contribution < 1.29 is 4.79 Å². The Kier molecular flexibility index (Phi) is 4.97. The number of carbonyl (C=O) groups is 1. The van der Waals surface area contributed by atoms with Crippen LogP contribution in [-0.2, 0) is 4.79 Å². The van der Waals surface area contributed by atoms with Crippen LogP contribution in [0.15, 0.2) is 30.3 Å².